The van der Waals surface area contributed by atoms with Crippen LogP contribution < -0.4 is 5.32 Å². The van der Waals surface area contributed by atoms with Gasteiger partial charge >= 0.3 is 0 Å². The molecule has 0 aliphatic heterocycles. The molecule has 0 saturated carbocycles. The summed E-state index contributed by atoms with van der Waals surface area (Å²) in [7, 11) is 0. The van der Waals surface area contributed by atoms with E-state index in [1.165, 1.54) is 0 Å². The first kappa shape index (κ1) is 10.4. The van der Waals surface area contributed by atoms with Gasteiger partial charge in [-0.05, 0) is 46.7 Å². The summed E-state index contributed by atoms with van der Waals surface area (Å²) >= 11 is 7.80. The Kier molecular flexibility index (Phi) is 3.58. The minimum Gasteiger partial charge on any atom is -0.314 e. The molecule has 1 amide bonds. The summed E-state index contributed by atoms with van der Waals surface area (Å²) in [6.07, 6.45) is 4.91. The highest BCUT2D eigenvalue weighted by molar-refractivity contribution is 14.1. The molecule has 1 rings (SSSR count). The van der Waals surface area contributed by atoms with Crippen molar-refractivity contribution in [2.45, 2.75) is 0 Å². The SMILES string of the molecule is C#CC(=O)Nc1ccc(Cl)cc1I. The van der Waals surface area contributed by atoms with Gasteiger partial charge in [0.15, 0.2) is 0 Å². The number of carbonyl (C=O) groups is 1. The number of benzene rings is 1. The molecule has 0 radical (unpaired) electrons. The van der Waals surface area contributed by atoms with Gasteiger partial charge in [-0.25, -0.2) is 0 Å². The number of hydrogen-bond donors (Lipinski definition) is 1. The van der Waals surface area contributed by atoms with Gasteiger partial charge in [-0.2, -0.15) is 0 Å². The molecule has 0 spiro atoms. The fourth-order valence-corrected chi connectivity index (χ4v) is 1.76. The Morgan fingerprint density at radius 2 is 2.31 bits per heavy atom. The topological polar surface area (TPSA) is 29.1 Å². The summed E-state index contributed by atoms with van der Waals surface area (Å²) in [6, 6.07) is 5.14. The number of terminal acetylenes is 1. The average molecular weight is 306 g/mol. The lowest BCUT2D eigenvalue weighted by Crippen LogP contribution is -2.08. The van der Waals surface area contributed by atoms with Crippen molar-refractivity contribution in [2.75, 3.05) is 5.32 Å². The third kappa shape index (κ3) is 2.90. The van der Waals surface area contributed by atoms with Crippen molar-refractivity contribution in [1.29, 1.82) is 0 Å². The second-order valence-corrected chi connectivity index (χ2v) is 3.82. The monoisotopic (exact) mass is 305 g/mol. The van der Waals surface area contributed by atoms with Crippen LogP contribution in [0.4, 0.5) is 5.69 Å². The average Bonchev–Trinajstić information content (AvgIpc) is 2.09. The van der Waals surface area contributed by atoms with Crippen LogP contribution in [0.5, 0.6) is 0 Å². The van der Waals surface area contributed by atoms with Crippen molar-refractivity contribution < 1.29 is 4.79 Å². The molecule has 0 unspecified atom stereocenters. The number of halogens is 2. The summed E-state index contributed by atoms with van der Waals surface area (Å²) in [4.78, 5) is 10.8. The van der Waals surface area contributed by atoms with Crippen molar-refractivity contribution in [3.63, 3.8) is 0 Å². The van der Waals surface area contributed by atoms with E-state index in [1.807, 2.05) is 5.92 Å². The Hall–Kier alpha value is -0.730. The van der Waals surface area contributed by atoms with Gasteiger partial charge in [0.25, 0.3) is 5.91 Å². The second-order valence-electron chi connectivity index (χ2n) is 2.22. The number of nitrogens with one attached hydrogen (secondary N) is 1. The van der Waals surface area contributed by atoms with Gasteiger partial charge in [-0.1, -0.05) is 11.6 Å². The molecule has 0 fully saturated rings. The quantitative estimate of drug-likeness (QED) is 0.627. The minimum atomic E-state index is -0.458. The molecule has 2 nitrogen and oxygen atoms in total. The predicted octanol–water partition coefficient (Wildman–Crippen LogP) is 2.52. The highest BCUT2D eigenvalue weighted by Gasteiger charge is 2.02. The van der Waals surface area contributed by atoms with Crippen LogP contribution in [0.25, 0.3) is 0 Å². The molecule has 1 aromatic carbocycles. The number of anilines is 1. The van der Waals surface area contributed by atoms with E-state index in [2.05, 4.69) is 27.9 Å². The van der Waals surface area contributed by atoms with Gasteiger partial charge in [0, 0.05) is 8.59 Å². The van der Waals surface area contributed by atoms with E-state index < -0.39 is 5.91 Å². The molecule has 4 heteroatoms. The fourth-order valence-electron chi connectivity index (χ4n) is 0.749. The Balaban J connectivity index is 2.91. The standard InChI is InChI=1S/C9H5ClINO/c1-2-9(13)12-8-4-3-6(10)5-7(8)11/h1,3-5H,(H,12,13). The van der Waals surface area contributed by atoms with E-state index in [4.69, 9.17) is 18.0 Å². The molecule has 0 aliphatic rings. The Morgan fingerprint density at radius 1 is 1.62 bits per heavy atom. The Labute approximate surface area is 94.8 Å². The van der Waals surface area contributed by atoms with E-state index in [0.29, 0.717) is 10.7 Å². The maximum atomic E-state index is 10.8. The van der Waals surface area contributed by atoms with Crippen LogP contribution in [-0.4, -0.2) is 5.91 Å². The van der Waals surface area contributed by atoms with Crippen LogP contribution in [0.3, 0.4) is 0 Å². The third-order valence-electron chi connectivity index (χ3n) is 1.31. The van der Waals surface area contributed by atoms with Crippen LogP contribution >= 0.6 is 34.2 Å². The van der Waals surface area contributed by atoms with Gasteiger partial charge in [0.05, 0.1) is 5.69 Å². The van der Waals surface area contributed by atoms with Crippen molar-refractivity contribution in [1.82, 2.24) is 0 Å². The normalized spacial score (nSPS) is 9.00. The van der Waals surface area contributed by atoms with Crippen LogP contribution in [0.2, 0.25) is 5.02 Å². The maximum absolute atomic E-state index is 10.8. The van der Waals surface area contributed by atoms with Crippen LogP contribution in [0, 0.1) is 15.9 Å². The zero-order valence-electron chi connectivity index (χ0n) is 6.47. The van der Waals surface area contributed by atoms with Crippen molar-refractivity contribution in [3.8, 4) is 12.3 Å². The highest BCUT2D eigenvalue weighted by Crippen LogP contribution is 2.21. The third-order valence-corrected chi connectivity index (χ3v) is 2.44. The summed E-state index contributed by atoms with van der Waals surface area (Å²) in [6.45, 7) is 0. The van der Waals surface area contributed by atoms with Gasteiger partial charge in [-0.3, -0.25) is 4.79 Å². The first-order chi connectivity index (χ1) is 6.13. The first-order valence-corrected chi connectivity index (χ1v) is 4.82. The fraction of sp³-hybridized carbons (Fsp3) is 0. The van der Waals surface area contributed by atoms with E-state index in [-0.39, 0.29) is 0 Å². The van der Waals surface area contributed by atoms with Crippen LogP contribution in [0.1, 0.15) is 0 Å². The minimum absolute atomic E-state index is 0.458. The number of carbonyl (C=O) groups excluding carboxylic acids is 1. The van der Waals surface area contributed by atoms with Gasteiger partial charge in [0.1, 0.15) is 0 Å². The Morgan fingerprint density at radius 3 is 2.85 bits per heavy atom. The zero-order valence-corrected chi connectivity index (χ0v) is 9.39. The number of rotatable bonds is 1. The summed E-state index contributed by atoms with van der Waals surface area (Å²) in [5, 5.41) is 3.17. The largest absolute Gasteiger partial charge is 0.314 e. The van der Waals surface area contributed by atoms with Crippen molar-refractivity contribution >= 4 is 45.8 Å². The molecule has 0 saturated heterocycles. The highest BCUT2D eigenvalue weighted by atomic mass is 127. The zero-order chi connectivity index (χ0) is 9.84. The van der Waals surface area contributed by atoms with E-state index in [9.17, 15) is 4.79 Å². The lowest BCUT2D eigenvalue weighted by Gasteiger charge is -2.03. The predicted molar refractivity (Wildman–Crippen MR) is 61.6 cm³/mol. The molecule has 0 atom stereocenters. The molecule has 0 bridgehead atoms. The molecular weight excluding hydrogens is 300 g/mol. The van der Waals surface area contributed by atoms with Crippen molar-refractivity contribution in [2.24, 2.45) is 0 Å². The van der Waals surface area contributed by atoms with Crippen molar-refractivity contribution in [3.05, 3.63) is 26.8 Å². The van der Waals surface area contributed by atoms with Crippen LogP contribution in [0.15, 0.2) is 18.2 Å². The van der Waals surface area contributed by atoms with E-state index in [1.54, 1.807) is 18.2 Å². The lowest BCUT2D eigenvalue weighted by atomic mass is 10.3. The maximum Gasteiger partial charge on any atom is 0.300 e. The molecule has 0 aromatic heterocycles. The summed E-state index contributed by atoms with van der Waals surface area (Å²) in [5.41, 5.74) is 0.674. The lowest BCUT2D eigenvalue weighted by molar-refractivity contribution is -0.111. The molecule has 1 aromatic rings. The van der Waals surface area contributed by atoms with E-state index >= 15 is 0 Å². The molecule has 0 aliphatic carbocycles. The summed E-state index contributed by atoms with van der Waals surface area (Å²) < 4.78 is 0.855. The second kappa shape index (κ2) is 4.49. The molecule has 66 valence electrons. The van der Waals surface area contributed by atoms with Gasteiger partial charge in [-0.15, -0.1) is 6.42 Å². The molecule has 0 heterocycles. The number of hydrogen-bond acceptors (Lipinski definition) is 1. The smallest absolute Gasteiger partial charge is 0.300 e. The van der Waals surface area contributed by atoms with Gasteiger partial charge < -0.3 is 5.32 Å². The molecule has 13 heavy (non-hydrogen) atoms. The van der Waals surface area contributed by atoms with Gasteiger partial charge in [0.2, 0.25) is 0 Å². The Bertz CT molecular complexity index is 384. The molecule has 1 N–H and O–H groups in total. The van der Waals surface area contributed by atoms with Crippen LogP contribution in [-0.2, 0) is 4.79 Å². The molecular formula is C9H5ClINO. The first-order valence-electron chi connectivity index (χ1n) is 3.36. The number of amides is 1. The van der Waals surface area contributed by atoms with E-state index in [0.717, 1.165) is 3.57 Å². The summed E-state index contributed by atoms with van der Waals surface area (Å²) in [5.74, 6) is 1.51.